The van der Waals surface area contributed by atoms with Gasteiger partial charge in [0.05, 0.1) is 4.58 Å². The van der Waals surface area contributed by atoms with Crippen molar-refractivity contribution in [1.29, 1.82) is 0 Å². The summed E-state index contributed by atoms with van der Waals surface area (Å²) in [5.74, 6) is 2.58. The monoisotopic (exact) mass is 419 g/mol. The van der Waals surface area contributed by atoms with E-state index in [4.69, 9.17) is 0 Å². The van der Waals surface area contributed by atoms with E-state index in [1.54, 1.807) is 0 Å². The fourth-order valence-corrected chi connectivity index (χ4v) is 6.60. The largest absolute Gasteiger partial charge is 0.371 e. The topological polar surface area (TPSA) is 3.24 Å². The highest BCUT2D eigenvalue weighted by atomic mass is 32.2. The van der Waals surface area contributed by atoms with Crippen LogP contribution in [-0.2, 0) is 12.8 Å². The normalized spacial score (nSPS) is 14.6. The molecular formula is C26H29NS2. The van der Waals surface area contributed by atoms with E-state index in [0.717, 1.165) is 25.9 Å². The zero-order valence-corrected chi connectivity index (χ0v) is 18.5. The molecule has 0 atom stereocenters. The van der Waals surface area contributed by atoms with Gasteiger partial charge in [-0.3, -0.25) is 0 Å². The SMILES string of the molecule is c1ccc(CCN(CCc2ccccc2)c2ccc(C3SCCCS3)cc2)cc1. The molecule has 3 aromatic carbocycles. The zero-order valence-electron chi connectivity index (χ0n) is 16.9. The molecule has 3 heteroatoms. The molecule has 1 saturated heterocycles. The first-order chi connectivity index (χ1) is 14.4. The molecule has 150 valence electrons. The van der Waals surface area contributed by atoms with Gasteiger partial charge in [0.25, 0.3) is 0 Å². The summed E-state index contributed by atoms with van der Waals surface area (Å²) in [6.45, 7) is 2.09. The van der Waals surface area contributed by atoms with E-state index in [9.17, 15) is 0 Å². The Balaban J connectivity index is 1.45. The third-order valence-corrected chi connectivity index (χ3v) is 8.40. The van der Waals surface area contributed by atoms with Gasteiger partial charge in [-0.1, -0.05) is 72.8 Å². The highest BCUT2D eigenvalue weighted by Gasteiger charge is 2.17. The molecule has 1 nitrogen and oxygen atoms in total. The molecule has 1 heterocycles. The van der Waals surface area contributed by atoms with Crippen molar-refractivity contribution in [3.05, 3.63) is 102 Å². The van der Waals surface area contributed by atoms with Crippen molar-refractivity contribution in [2.75, 3.05) is 29.5 Å². The molecule has 0 aliphatic carbocycles. The number of hydrogen-bond acceptors (Lipinski definition) is 3. The molecule has 0 bridgehead atoms. The van der Waals surface area contributed by atoms with Crippen LogP contribution in [0.1, 0.15) is 27.7 Å². The van der Waals surface area contributed by atoms with Crippen molar-refractivity contribution in [3.63, 3.8) is 0 Å². The Morgan fingerprint density at radius 3 is 1.69 bits per heavy atom. The molecule has 0 amide bonds. The van der Waals surface area contributed by atoms with Crippen LogP contribution in [0.2, 0.25) is 0 Å². The summed E-state index contributed by atoms with van der Waals surface area (Å²) < 4.78 is 0.611. The number of benzene rings is 3. The second kappa shape index (κ2) is 10.8. The van der Waals surface area contributed by atoms with Gasteiger partial charge in [0, 0.05) is 18.8 Å². The Morgan fingerprint density at radius 1 is 0.655 bits per heavy atom. The molecule has 4 rings (SSSR count). The fraction of sp³-hybridized carbons (Fsp3) is 0.308. The van der Waals surface area contributed by atoms with Crippen LogP contribution in [0.25, 0.3) is 0 Å². The minimum atomic E-state index is 0.611. The molecule has 0 radical (unpaired) electrons. The predicted octanol–water partition coefficient (Wildman–Crippen LogP) is 6.85. The first-order valence-electron chi connectivity index (χ1n) is 10.5. The van der Waals surface area contributed by atoms with Crippen LogP contribution in [0.4, 0.5) is 5.69 Å². The highest BCUT2D eigenvalue weighted by molar-refractivity contribution is 8.16. The van der Waals surface area contributed by atoms with Gasteiger partial charge in [-0.05, 0) is 59.6 Å². The minimum absolute atomic E-state index is 0.611. The Hall–Kier alpha value is -1.84. The van der Waals surface area contributed by atoms with Crippen LogP contribution in [0, 0.1) is 0 Å². The number of rotatable bonds is 8. The number of nitrogens with zero attached hydrogens (tertiary/aromatic N) is 1. The molecule has 0 aromatic heterocycles. The Morgan fingerprint density at radius 2 is 1.17 bits per heavy atom. The minimum Gasteiger partial charge on any atom is -0.371 e. The van der Waals surface area contributed by atoms with Crippen molar-refractivity contribution in [2.24, 2.45) is 0 Å². The van der Waals surface area contributed by atoms with Gasteiger partial charge in [-0.15, -0.1) is 23.5 Å². The standard InChI is InChI=1S/C26H29NS2/c1-3-8-22(9-4-1)16-18-27(19-17-23-10-5-2-6-11-23)25-14-12-24(13-15-25)26-28-20-7-21-29-26/h1-6,8-15,26H,7,16-21H2. The van der Waals surface area contributed by atoms with Gasteiger partial charge in [0.2, 0.25) is 0 Å². The van der Waals surface area contributed by atoms with Crippen molar-refractivity contribution in [3.8, 4) is 0 Å². The third kappa shape index (κ3) is 6.07. The lowest BCUT2D eigenvalue weighted by atomic mass is 10.1. The van der Waals surface area contributed by atoms with Gasteiger partial charge >= 0.3 is 0 Å². The zero-order chi connectivity index (χ0) is 19.7. The van der Waals surface area contributed by atoms with Crippen LogP contribution in [-0.4, -0.2) is 24.6 Å². The number of thioether (sulfide) groups is 2. The van der Waals surface area contributed by atoms with Crippen LogP contribution in [0.15, 0.2) is 84.9 Å². The summed E-state index contributed by atoms with van der Waals surface area (Å²) in [6.07, 6.45) is 3.49. The van der Waals surface area contributed by atoms with Crippen molar-refractivity contribution in [1.82, 2.24) is 0 Å². The maximum atomic E-state index is 2.55. The summed E-state index contributed by atoms with van der Waals surface area (Å²) in [5, 5.41) is 0. The summed E-state index contributed by atoms with van der Waals surface area (Å²) in [5.41, 5.74) is 5.62. The van der Waals surface area contributed by atoms with Crippen molar-refractivity contribution in [2.45, 2.75) is 23.8 Å². The highest BCUT2D eigenvalue weighted by Crippen LogP contribution is 2.43. The molecule has 3 aromatic rings. The molecule has 1 aliphatic heterocycles. The van der Waals surface area contributed by atoms with E-state index in [1.165, 1.54) is 40.3 Å². The van der Waals surface area contributed by atoms with Crippen LogP contribution in [0.5, 0.6) is 0 Å². The van der Waals surface area contributed by atoms with Gasteiger partial charge in [0.15, 0.2) is 0 Å². The summed E-state index contributed by atoms with van der Waals surface area (Å²) in [4.78, 5) is 2.55. The smallest absolute Gasteiger partial charge is 0.0751 e. The molecule has 0 unspecified atom stereocenters. The van der Waals surface area contributed by atoms with Crippen LogP contribution in [0.3, 0.4) is 0 Å². The van der Waals surface area contributed by atoms with Crippen LogP contribution < -0.4 is 4.90 Å². The lowest BCUT2D eigenvalue weighted by molar-refractivity contribution is 0.769. The number of anilines is 1. The third-order valence-electron chi connectivity index (χ3n) is 5.38. The van der Waals surface area contributed by atoms with Gasteiger partial charge in [-0.2, -0.15) is 0 Å². The molecule has 29 heavy (non-hydrogen) atoms. The molecule has 1 aliphatic rings. The van der Waals surface area contributed by atoms with E-state index in [2.05, 4.69) is 113 Å². The molecule has 0 N–H and O–H groups in total. The maximum absolute atomic E-state index is 2.55. The summed E-state index contributed by atoms with van der Waals surface area (Å²) in [6, 6.07) is 31.0. The molecule has 1 fully saturated rings. The number of hydrogen-bond donors (Lipinski definition) is 0. The fourth-order valence-electron chi connectivity index (χ4n) is 3.71. The van der Waals surface area contributed by atoms with E-state index in [1.807, 2.05) is 0 Å². The second-order valence-electron chi connectivity index (χ2n) is 7.48. The maximum Gasteiger partial charge on any atom is 0.0751 e. The van der Waals surface area contributed by atoms with E-state index in [-0.39, 0.29) is 0 Å². The van der Waals surface area contributed by atoms with Crippen molar-refractivity contribution >= 4 is 29.2 Å². The summed E-state index contributed by atoms with van der Waals surface area (Å²) >= 11 is 4.19. The van der Waals surface area contributed by atoms with Crippen LogP contribution >= 0.6 is 23.5 Å². The van der Waals surface area contributed by atoms with E-state index < -0.39 is 0 Å². The lowest BCUT2D eigenvalue weighted by Gasteiger charge is -2.26. The van der Waals surface area contributed by atoms with Gasteiger partial charge in [-0.25, -0.2) is 0 Å². The molecule has 0 spiro atoms. The second-order valence-corrected chi connectivity index (χ2v) is 10.2. The van der Waals surface area contributed by atoms with E-state index >= 15 is 0 Å². The van der Waals surface area contributed by atoms with Crippen molar-refractivity contribution < 1.29 is 0 Å². The summed E-state index contributed by atoms with van der Waals surface area (Å²) in [7, 11) is 0. The average Bonchev–Trinajstić information content (AvgIpc) is 2.81. The Labute approximate surface area is 183 Å². The Kier molecular flexibility index (Phi) is 7.61. The van der Waals surface area contributed by atoms with Gasteiger partial charge in [0.1, 0.15) is 0 Å². The average molecular weight is 420 g/mol. The Bertz CT molecular complexity index is 799. The first-order valence-corrected chi connectivity index (χ1v) is 12.6. The van der Waals surface area contributed by atoms with Gasteiger partial charge < -0.3 is 4.90 Å². The first kappa shape index (κ1) is 20.4. The predicted molar refractivity (Wildman–Crippen MR) is 131 cm³/mol. The molecular weight excluding hydrogens is 390 g/mol. The lowest BCUT2D eigenvalue weighted by Crippen LogP contribution is -2.28. The van der Waals surface area contributed by atoms with E-state index in [0.29, 0.717) is 4.58 Å². The molecule has 0 saturated carbocycles. The quantitative estimate of drug-likeness (QED) is 0.393.